The highest BCUT2D eigenvalue weighted by atomic mass is 13.9. The maximum atomic E-state index is 3.66. The van der Waals surface area contributed by atoms with Gasteiger partial charge in [0, 0.05) is 0 Å². The van der Waals surface area contributed by atoms with E-state index in [9.17, 15) is 0 Å². The molecule has 0 aromatic heterocycles. The minimum absolute atomic E-state index is 1.14. The molecule has 0 amide bonds. The van der Waals surface area contributed by atoms with Gasteiger partial charge in [-0.25, -0.2) is 0 Å². The van der Waals surface area contributed by atoms with E-state index in [-0.39, 0.29) is 0 Å². The summed E-state index contributed by atoms with van der Waals surface area (Å²) in [6.07, 6.45) is 18.8. The van der Waals surface area contributed by atoms with E-state index in [2.05, 4.69) is 50.8 Å². The molecule has 1 aliphatic rings. The molecule has 0 radical (unpaired) electrons. The SMILES string of the molecule is C1=CCCC=C1.C=CCCCC=C(C)C. The molecule has 0 fully saturated rings. The normalized spacial score (nSPS) is 12.7. The van der Waals surface area contributed by atoms with Crippen molar-refractivity contribution in [2.75, 3.05) is 0 Å². The zero-order chi connectivity index (χ0) is 11.4. The van der Waals surface area contributed by atoms with Crippen molar-refractivity contribution in [1.82, 2.24) is 0 Å². The predicted octanol–water partition coefficient (Wildman–Crippen LogP) is 5.20. The molecule has 1 rings (SSSR count). The van der Waals surface area contributed by atoms with Gasteiger partial charge in [-0.05, 0) is 46.0 Å². The molecule has 0 aliphatic heterocycles. The summed E-state index contributed by atoms with van der Waals surface area (Å²) in [5.74, 6) is 0. The summed E-state index contributed by atoms with van der Waals surface area (Å²) < 4.78 is 0. The third kappa shape index (κ3) is 13.0. The van der Waals surface area contributed by atoms with E-state index in [1.807, 2.05) is 6.08 Å². The standard InChI is InChI=1S/C9H16.C6H8/c1-4-5-6-7-8-9(2)3;1-2-4-6-5-3-1/h4,8H,1,5-7H2,2-3H3;1-4H,5-6H2. The van der Waals surface area contributed by atoms with Crippen LogP contribution >= 0.6 is 0 Å². The summed E-state index contributed by atoms with van der Waals surface area (Å²) in [6.45, 7) is 7.92. The van der Waals surface area contributed by atoms with E-state index >= 15 is 0 Å². The Hall–Kier alpha value is -1.04. The van der Waals surface area contributed by atoms with Crippen LogP contribution in [-0.4, -0.2) is 0 Å². The summed E-state index contributed by atoms with van der Waals surface area (Å²) in [5.41, 5.74) is 1.42. The van der Waals surface area contributed by atoms with Crippen molar-refractivity contribution in [2.24, 2.45) is 0 Å². The van der Waals surface area contributed by atoms with Gasteiger partial charge in [-0.1, -0.05) is 42.0 Å². The Bertz CT molecular complexity index is 212. The predicted molar refractivity (Wildman–Crippen MR) is 71.0 cm³/mol. The van der Waals surface area contributed by atoms with Crippen LogP contribution in [0.1, 0.15) is 46.0 Å². The van der Waals surface area contributed by atoms with Crippen LogP contribution in [0.3, 0.4) is 0 Å². The summed E-state index contributed by atoms with van der Waals surface area (Å²) >= 11 is 0. The fourth-order valence-corrected chi connectivity index (χ4v) is 1.19. The Morgan fingerprint density at radius 3 is 2.07 bits per heavy atom. The van der Waals surface area contributed by atoms with Gasteiger partial charge >= 0.3 is 0 Å². The van der Waals surface area contributed by atoms with Crippen LogP contribution < -0.4 is 0 Å². The molecule has 84 valence electrons. The fourth-order valence-electron chi connectivity index (χ4n) is 1.19. The number of allylic oxidation sites excluding steroid dienone is 7. The molecule has 0 unspecified atom stereocenters. The maximum Gasteiger partial charge on any atom is -0.0313 e. The minimum Gasteiger partial charge on any atom is -0.103 e. The van der Waals surface area contributed by atoms with Gasteiger partial charge in [0.25, 0.3) is 0 Å². The summed E-state index contributed by atoms with van der Waals surface area (Å²) in [4.78, 5) is 0. The van der Waals surface area contributed by atoms with E-state index in [1.165, 1.54) is 31.3 Å². The van der Waals surface area contributed by atoms with E-state index in [0.29, 0.717) is 0 Å². The van der Waals surface area contributed by atoms with E-state index in [4.69, 9.17) is 0 Å². The topological polar surface area (TPSA) is 0 Å². The fraction of sp³-hybridized carbons (Fsp3) is 0.467. The maximum absolute atomic E-state index is 3.66. The molecule has 0 saturated carbocycles. The second kappa shape index (κ2) is 11.0. The Morgan fingerprint density at radius 2 is 1.73 bits per heavy atom. The van der Waals surface area contributed by atoms with Crippen LogP contribution in [-0.2, 0) is 0 Å². The lowest BCUT2D eigenvalue weighted by Crippen LogP contribution is -1.69. The Kier molecular flexibility index (Phi) is 10.3. The van der Waals surface area contributed by atoms with Crippen LogP contribution in [0.4, 0.5) is 0 Å². The van der Waals surface area contributed by atoms with Gasteiger partial charge in [0.2, 0.25) is 0 Å². The van der Waals surface area contributed by atoms with E-state index in [1.54, 1.807) is 0 Å². The first-order valence-electron chi connectivity index (χ1n) is 5.83. The quantitative estimate of drug-likeness (QED) is 0.436. The highest BCUT2D eigenvalue weighted by molar-refractivity contribution is 5.07. The zero-order valence-electron chi connectivity index (χ0n) is 10.2. The molecular weight excluding hydrogens is 180 g/mol. The largest absolute Gasteiger partial charge is 0.103 e. The number of hydrogen-bond donors (Lipinski definition) is 0. The van der Waals surface area contributed by atoms with Crippen molar-refractivity contribution >= 4 is 0 Å². The average molecular weight is 204 g/mol. The molecule has 0 N–H and O–H groups in total. The molecule has 15 heavy (non-hydrogen) atoms. The van der Waals surface area contributed by atoms with Crippen molar-refractivity contribution in [2.45, 2.75) is 46.0 Å². The summed E-state index contributed by atoms with van der Waals surface area (Å²) in [7, 11) is 0. The molecule has 0 heteroatoms. The first-order valence-corrected chi connectivity index (χ1v) is 5.83. The minimum atomic E-state index is 1.14. The Labute approximate surface area is 95.1 Å². The van der Waals surface area contributed by atoms with Gasteiger partial charge in [0.1, 0.15) is 0 Å². The third-order valence-electron chi connectivity index (χ3n) is 2.05. The van der Waals surface area contributed by atoms with Crippen LogP contribution in [0.25, 0.3) is 0 Å². The highest BCUT2D eigenvalue weighted by Crippen LogP contribution is 2.00. The van der Waals surface area contributed by atoms with Gasteiger partial charge in [-0.15, -0.1) is 6.58 Å². The number of unbranched alkanes of at least 4 members (excludes halogenated alkanes) is 2. The van der Waals surface area contributed by atoms with E-state index in [0.717, 1.165) is 6.42 Å². The summed E-state index contributed by atoms with van der Waals surface area (Å²) in [5, 5.41) is 0. The molecule has 1 aliphatic carbocycles. The first kappa shape index (κ1) is 14.0. The molecule has 0 aromatic rings. The van der Waals surface area contributed by atoms with Crippen molar-refractivity contribution in [3.8, 4) is 0 Å². The van der Waals surface area contributed by atoms with Gasteiger partial charge in [0.05, 0.1) is 0 Å². The molecule has 0 saturated heterocycles. The highest BCUT2D eigenvalue weighted by Gasteiger charge is 1.79. The molecular formula is C15H24. The molecule has 0 spiro atoms. The molecule has 0 bridgehead atoms. The molecule has 0 aromatic carbocycles. The Balaban J connectivity index is 0.000000280. The number of rotatable bonds is 4. The number of hydrogen-bond acceptors (Lipinski definition) is 0. The lowest BCUT2D eigenvalue weighted by Gasteiger charge is -1.90. The second-order valence-electron chi connectivity index (χ2n) is 3.93. The average Bonchev–Trinajstić information content (AvgIpc) is 2.28. The monoisotopic (exact) mass is 204 g/mol. The van der Waals surface area contributed by atoms with Crippen LogP contribution in [0.2, 0.25) is 0 Å². The molecule has 0 heterocycles. The zero-order valence-corrected chi connectivity index (χ0v) is 10.2. The Morgan fingerprint density at radius 1 is 1.13 bits per heavy atom. The smallest absolute Gasteiger partial charge is 0.0313 e. The van der Waals surface area contributed by atoms with Crippen molar-refractivity contribution in [3.05, 3.63) is 48.6 Å². The second-order valence-corrected chi connectivity index (χ2v) is 3.93. The van der Waals surface area contributed by atoms with Crippen LogP contribution in [0.5, 0.6) is 0 Å². The van der Waals surface area contributed by atoms with Gasteiger partial charge < -0.3 is 0 Å². The molecule has 0 atom stereocenters. The van der Waals surface area contributed by atoms with Crippen LogP contribution in [0.15, 0.2) is 48.6 Å². The van der Waals surface area contributed by atoms with Gasteiger partial charge in [-0.2, -0.15) is 0 Å². The van der Waals surface area contributed by atoms with Crippen LogP contribution in [0, 0.1) is 0 Å². The van der Waals surface area contributed by atoms with Crippen molar-refractivity contribution < 1.29 is 0 Å². The van der Waals surface area contributed by atoms with Gasteiger partial charge in [0.15, 0.2) is 0 Å². The molecule has 0 nitrogen and oxygen atoms in total. The lowest BCUT2D eigenvalue weighted by molar-refractivity contribution is 0.864. The van der Waals surface area contributed by atoms with E-state index < -0.39 is 0 Å². The van der Waals surface area contributed by atoms with Crippen molar-refractivity contribution in [3.63, 3.8) is 0 Å². The first-order chi connectivity index (χ1) is 7.27. The third-order valence-corrected chi connectivity index (χ3v) is 2.05. The van der Waals surface area contributed by atoms with Crippen molar-refractivity contribution in [1.29, 1.82) is 0 Å². The summed E-state index contributed by atoms with van der Waals surface area (Å²) in [6, 6.07) is 0. The lowest BCUT2D eigenvalue weighted by atomic mass is 10.2. The van der Waals surface area contributed by atoms with Gasteiger partial charge in [-0.3, -0.25) is 0 Å².